The van der Waals surface area contributed by atoms with Crippen LogP contribution < -0.4 is 15.5 Å². The summed E-state index contributed by atoms with van der Waals surface area (Å²) in [6, 6.07) is 7.34. The summed E-state index contributed by atoms with van der Waals surface area (Å²) in [4.78, 5) is 41.8. The average molecular weight is 415 g/mol. The Balaban J connectivity index is 1.61. The van der Waals surface area contributed by atoms with Crippen LogP contribution in [0, 0.1) is 5.92 Å². The second-order valence-corrected chi connectivity index (χ2v) is 8.62. The molecule has 7 heteroatoms. The molecule has 2 unspecified atom stereocenters. The van der Waals surface area contributed by atoms with Gasteiger partial charge >= 0.3 is 0 Å². The Hall–Kier alpha value is -2.57. The van der Waals surface area contributed by atoms with E-state index in [0.717, 1.165) is 30.9 Å². The second kappa shape index (κ2) is 9.96. The molecule has 3 amide bonds. The Morgan fingerprint density at radius 3 is 2.57 bits per heavy atom. The molecule has 2 aliphatic rings. The standard InChI is InChI=1S/C23H34N4O3/c1-4-8-20(25-22(29)17-13-21(28)27(15-17)16(2)3)23(30)24-18-9-7-10-19(14-18)26-11-5-6-12-26/h7,9-10,14,16-17,20H,4-6,8,11-13,15H2,1-3H3,(H,24,30)(H,25,29). The molecule has 30 heavy (non-hydrogen) atoms. The molecule has 2 fully saturated rings. The van der Waals surface area contributed by atoms with E-state index in [0.29, 0.717) is 13.0 Å². The molecule has 1 aromatic rings. The minimum atomic E-state index is -0.610. The van der Waals surface area contributed by atoms with Gasteiger partial charge < -0.3 is 20.4 Å². The van der Waals surface area contributed by atoms with Crippen LogP contribution >= 0.6 is 0 Å². The number of amides is 3. The molecule has 0 aromatic heterocycles. The Bertz CT molecular complexity index is 773. The van der Waals surface area contributed by atoms with Gasteiger partial charge in [-0.15, -0.1) is 0 Å². The van der Waals surface area contributed by atoms with Crippen molar-refractivity contribution in [1.82, 2.24) is 10.2 Å². The SMILES string of the molecule is CCCC(NC(=O)C1CC(=O)N(C(C)C)C1)C(=O)Nc1cccc(N2CCCC2)c1. The van der Waals surface area contributed by atoms with Crippen LogP contribution in [0.1, 0.15) is 52.9 Å². The molecule has 0 aliphatic carbocycles. The highest BCUT2D eigenvalue weighted by molar-refractivity contribution is 5.98. The number of benzene rings is 1. The van der Waals surface area contributed by atoms with Gasteiger partial charge in [-0.25, -0.2) is 0 Å². The molecule has 164 valence electrons. The lowest BCUT2D eigenvalue weighted by Crippen LogP contribution is -2.46. The summed E-state index contributed by atoms with van der Waals surface area (Å²) < 4.78 is 0. The van der Waals surface area contributed by atoms with Gasteiger partial charge in [0.15, 0.2) is 0 Å². The third-order valence-corrected chi connectivity index (χ3v) is 5.95. The van der Waals surface area contributed by atoms with Crippen molar-refractivity contribution >= 4 is 29.1 Å². The molecule has 0 radical (unpaired) electrons. The highest BCUT2D eigenvalue weighted by Crippen LogP contribution is 2.24. The predicted octanol–water partition coefficient (Wildman–Crippen LogP) is 2.77. The lowest BCUT2D eigenvalue weighted by molar-refractivity contribution is -0.130. The number of carbonyl (C=O) groups excluding carboxylic acids is 3. The minimum Gasteiger partial charge on any atom is -0.371 e. The van der Waals surface area contributed by atoms with Crippen LogP contribution in [0.5, 0.6) is 0 Å². The molecule has 2 atom stereocenters. The van der Waals surface area contributed by atoms with E-state index < -0.39 is 12.0 Å². The molecular formula is C23H34N4O3. The first-order chi connectivity index (χ1) is 14.4. The first-order valence-corrected chi connectivity index (χ1v) is 11.1. The molecule has 2 N–H and O–H groups in total. The molecule has 1 aromatic carbocycles. The van der Waals surface area contributed by atoms with Crippen LogP contribution in [-0.4, -0.2) is 54.3 Å². The van der Waals surface area contributed by atoms with Crippen LogP contribution in [0.4, 0.5) is 11.4 Å². The highest BCUT2D eigenvalue weighted by atomic mass is 16.2. The van der Waals surface area contributed by atoms with Gasteiger partial charge in [-0.1, -0.05) is 19.4 Å². The number of likely N-dealkylation sites (tertiary alicyclic amines) is 1. The van der Waals surface area contributed by atoms with E-state index in [1.807, 2.05) is 39.0 Å². The molecule has 2 saturated heterocycles. The maximum atomic E-state index is 12.9. The molecule has 7 nitrogen and oxygen atoms in total. The van der Waals surface area contributed by atoms with E-state index in [4.69, 9.17) is 0 Å². The summed E-state index contributed by atoms with van der Waals surface area (Å²) in [5.41, 5.74) is 1.85. The van der Waals surface area contributed by atoms with Crippen LogP contribution in [0.25, 0.3) is 0 Å². The van der Waals surface area contributed by atoms with Crippen molar-refractivity contribution in [3.8, 4) is 0 Å². The molecule has 0 bridgehead atoms. The third-order valence-electron chi connectivity index (χ3n) is 5.95. The number of nitrogens with zero attached hydrogens (tertiary/aromatic N) is 2. The van der Waals surface area contributed by atoms with Gasteiger partial charge in [-0.3, -0.25) is 14.4 Å². The lowest BCUT2D eigenvalue weighted by Gasteiger charge is -2.22. The Morgan fingerprint density at radius 2 is 1.93 bits per heavy atom. The van der Waals surface area contributed by atoms with Crippen molar-refractivity contribution in [3.63, 3.8) is 0 Å². The summed E-state index contributed by atoms with van der Waals surface area (Å²) in [5.74, 6) is -0.828. The number of carbonyl (C=O) groups is 3. The summed E-state index contributed by atoms with van der Waals surface area (Å²) in [6.45, 7) is 8.38. The van der Waals surface area contributed by atoms with Gasteiger partial charge in [0.25, 0.3) is 0 Å². The molecule has 0 saturated carbocycles. The van der Waals surface area contributed by atoms with E-state index in [2.05, 4.69) is 21.6 Å². The molecule has 3 rings (SSSR count). The Morgan fingerprint density at radius 1 is 1.20 bits per heavy atom. The average Bonchev–Trinajstić information content (AvgIpc) is 3.37. The van der Waals surface area contributed by atoms with Gasteiger partial charge in [-0.2, -0.15) is 0 Å². The van der Waals surface area contributed by atoms with Gasteiger partial charge in [0.05, 0.1) is 5.92 Å². The zero-order valence-corrected chi connectivity index (χ0v) is 18.3. The predicted molar refractivity (Wildman–Crippen MR) is 118 cm³/mol. The van der Waals surface area contributed by atoms with Gasteiger partial charge in [0.1, 0.15) is 6.04 Å². The first kappa shape index (κ1) is 22.1. The fourth-order valence-corrected chi connectivity index (χ4v) is 4.24. The molecule has 0 spiro atoms. The van der Waals surface area contributed by atoms with E-state index in [1.54, 1.807) is 4.90 Å². The van der Waals surface area contributed by atoms with Crippen LogP contribution in [0.2, 0.25) is 0 Å². The topological polar surface area (TPSA) is 81.8 Å². The summed E-state index contributed by atoms with van der Waals surface area (Å²) in [6.07, 6.45) is 3.92. The zero-order chi connectivity index (χ0) is 21.7. The normalized spacial score (nSPS) is 20.0. The van der Waals surface area contributed by atoms with E-state index >= 15 is 0 Å². The Labute approximate surface area is 179 Å². The molecule has 2 heterocycles. The fourth-order valence-electron chi connectivity index (χ4n) is 4.24. The number of hydrogen-bond donors (Lipinski definition) is 2. The maximum Gasteiger partial charge on any atom is 0.246 e. The van der Waals surface area contributed by atoms with Crippen LogP contribution in [0.15, 0.2) is 24.3 Å². The van der Waals surface area contributed by atoms with E-state index in [1.165, 1.54) is 12.8 Å². The van der Waals surface area contributed by atoms with Crippen molar-refractivity contribution < 1.29 is 14.4 Å². The summed E-state index contributed by atoms with van der Waals surface area (Å²) in [5, 5.41) is 5.85. The van der Waals surface area contributed by atoms with E-state index in [-0.39, 0.29) is 30.2 Å². The summed E-state index contributed by atoms with van der Waals surface area (Å²) in [7, 11) is 0. The van der Waals surface area contributed by atoms with Crippen LogP contribution in [-0.2, 0) is 14.4 Å². The second-order valence-electron chi connectivity index (χ2n) is 8.62. The number of anilines is 2. The quantitative estimate of drug-likeness (QED) is 0.685. The van der Waals surface area contributed by atoms with Crippen molar-refractivity contribution in [2.45, 2.75) is 65.0 Å². The zero-order valence-electron chi connectivity index (χ0n) is 18.3. The summed E-state index contributed by atoms with van der Waals surface area (Å²) >= 11 is 0. The minimum absolute atomic E-state index is 0.000343. The Kier molecular flexibility index (Phi) is 7.34. The monoisotopic (exact) mass is 414 g/mol. The maximum absolute atomic E-state index is 12.9. The van der Waals surface area contributed by atoms with E-state index in [9.17, 15) is 14.4 Å². The largest absolute Gasteiger partial charge is 0.371 e. The first-order valence-electron chi connectivity index (χ1n) is 11.1. The van der Waals surface area contributed by atoms with Crippen molar-refractivity contribution in [1.29, 1.82) is 0 Å². The van der Waals surface area contributed by atoms with Gasteiger partial charge in [-0.05, 0) is 51.3 Å². The molecular weight excluding hydrogens is 380 g/mol. The molecule has 2 aliphatic heterocycles. The lowest BCUT2D eigenvalue weighted by atomic mass is 10.1. The number of nitrogens with one attached hydrogen (secondary N) is 2. The van der Waals surface area contributed by atoms with Gasteiger partial charge in [0, 0.05) is 43.5 Å². The van der Waals surface area contributed by atoms with Gasteiger partial charge in [0.2, 0.25) is 17.7 Å². The smallest absolute Gasteiger partial charge is 0.246 e. The van der Waals surface area contributed by atoms with Crippen molar-refractivity contribution in [3.05, 3.63) is 24.3 Å². The van der Waals surface area contributed by atoms with Crippen molar-refractivity contribution in [2.75, 3.05) is 29.9 Å². The third kappa shape index (κ3) is 5.32. The highest BCUT2D eigenvalue weighted by Gasteiger charge is 2.36. The van der Waals surface area contributed by atoms with Crippen LogP contribution in [0.3, 0.4) is 0 Å². The number of rotatable bonds is 8. The van der Waals surface area contributed by atoms with Crippen molar-refractivity contribution in [2.24, 2.45) is 5.92 Å². The number of hydrogen-bond acceptors (Lipinski definition) is 4. The fraction of sp³-hybridized carbons (Fsp3) is 0.609.